The van der Waals surface area contributed by atoms with Crippen LogP contribution in [0, 0.1) is 0 Å². The van der Waals surface area contributed by atoms with Crippen molar-refractivity contribution in [2.24, 2.45) is 7.05 Å². The van der Waals surface area contributed by atoms with E-state index in [0.29, 0.717) is 16.6 Å². The number of aromatic nitrogens is 3. The second-order valence-electron chi connectivity index (χ2n) is 7.93. The van der Waals surface area contributed by atoms with Crippen LogP contribution in [0.3, 0.4) is 0 Å². The van der Waals surface area contributed by atoms with E-state index in [9.17, 15) is 8.42 Å². The van der Waals surface area contributed by atoms with Gasteiger partial charge in [-0.1, -0.05) is 32.4 Å². The molecular weight excluding hydrogens is 398 g/mol. The number of sulfone groups is 1. The molecule has 0 fully saturated rings. The molecule has 1 atom stereocenters. The third kappa shape index (κ3) is 4.15. The average Bonchev–Trinajstić information content (AvgIpc) is 3.21. The predicted octanol–water partition coefficient (Wildman–Crippen LogP) is 4.43. The Morgan fingerprint density at radius 2 is 1.86 bits per heavy atom. The Hall–Kier alpha value is -2.12. The minimum absolute atomic E-state index is 0.0796. The van der Waals surface area contributed by atoms with E-state index in [1.54, 1.807) is 30.0 Å². The summed E-state index contributed by atoms with van der Waals surface area (Å²) in [7, 11) is -1.66. The Kier molecular flexibility index (Phi) is 5.42. The van der Waals surface area contributed by atoms with Crippen molar-refractivity contribution in [2.45, 2.75) is 49.7 Å². The van der Waals surface area contributed by atoms with Crippen LogP contribution < -0.4 is 0 Å². The van der Waals surface area contributed by atoms with E-state index in [0.717, 1.165) is 11.4 Å². The quantitative estimate of drug-likeness (QED) is 0.608. The van der Waals surface area contributed by atoms with Crippen LogP contribution in [0.25, 0.3) is 11.4 Å². The highest BCUT2D eigenvalue weighted by atomic mass is 35.5. The summed E-state index contributed by atoms with van der Waals surface area (Å²) in [5, 5.41) is 4.35. The maximum Gasteiger partial charge on any atom is 0.195 e. The minimum Gasteiger partial charge on any atom is -0.448 e. The molecule has 0 bridgehead atoms. The molecule has 0 N–H and O–H groups in total. The van der Waals surface area contributed by atoms with Gasteiger partial charge < -0.3 is 4.42 Å². The van der Waals surface area contributed by atoms with Crippen molar-refractivity contribution in [3.8, 4) is 11.4 Å². The molecule has 0 aliphatic rings. The Labute approximate surface area is 170 Å². The molecule has 1 aromatic carbocycles. The minimum atomic E-state index is -3.51. The molecule has 28 heavy (non-hydrogen) atoms. The number of hydrogen-bond donors (Lipinski definition) is 0. The summed E-state index contributed by atoms with van der Waals surface area (Å²) in [6.07, 6.45) is 1.72. The first kappa shape index (κ1) is 20.6. The molecule has 0 aliphatic heterocycles. The first-order valence-corrected chi connectivity index (χ1v) is 10.9. The molecule has 0 spiro atoms. The molecular formula is C20H24ClN3O3S. The number of nitrogens with zero attached hydrogens (tertiary/aromatic N) is 3. The summed E-state index contributed by atoms with van der Waals surface area (Å²) < 4.78 is 32.8. The second kappa shape index (κ2) is 7.37. The smallest absolute Gasteiger partial charge is 0.195 e. The van der Waals surface area contributed by atoms with Gasteiger partial charge in [0.1, 0.15) is 12.0 Å². The van der Waals surface area contributed by atoms with Crippen LogP contribution in [0.5, 0.6) is 0 Å². The Morgan fingerprint density at radius 1 is 1.21 bits per heavy atom. The van der Waals surface area contributed by atoms with Crippen molar-refractivity contribution >= 4 is 21.4 Å². The molecule has 2 heterocycles. The van der Waals surface area contributed by atoms with Gasteiger partial charge in [0.15, 0.2) is 15.7 Å². The molecule has 8 heteroatoms. The van der Waals surface area contributed by atoms with Crippen molar-refractivity contribution in [1.29, 1.82) is 0 Å². The van der Waals surface area contributed by atoms with Gasteiger partial charge in [0.2, 0.25) is 0 Å². The van der Waals surface area contributed by atoms with E-state index in [1.165, 1.54) is 12.1 Å². The van der Waals surface area contributed by atoms with Crippen LogP contribution in [-0.2, 0) is 28.7 Å². The number of rotatable bonds is 5. The Morgan fingerprint density at radius 3 is 2.43 bits per heavy atom. The normalized spacial score (nSPS) is 13.6. The Bertz CT molecular complexity index is 1080. The van der Waals surface area contributed by atoms with Gasteiger partial charge in [-0.3, -0.25) is 4.68 Å². The van der Waals surface area contributed by atoms with Crippen LogP contribution in [0.15, 0.2) is 45.9 Å². The number of aryl methyl sites for hydroxylation is 1. The molecule has 0 radical (unpaired) electrons. The lowest BCUT2D eigenvalue weighted by Crippen LogP contribution is -2.20. The molecule has 3 rings (SSSR count). The first-order chi connectivity index (χ1) is 13.0. The van der Waals surface area contributed by atoms with Crippen molar-refractivity contribution in [2.75, 3.05) is 0 Å². The van der Waals surface area contributed by atoms with Crippen molar-refractivity contribution in [1.82, 2.24) is 14.8 Å². The van der Waals surface area contributed by atoms with Crippen molar-refractivity contribution < 1.29 is 12.8 Å². The zero-order valence-corrected chi connectivity index (χ0v) is 18.2. The van der Waals surface area contributed by atoms with Crippen molar-refractivity contribution in [3.05, 3.63) is 53.2 Å². The molecule has 6 nitrogen and oxygen atoms in total. The van der Waals surface area contributed by atoms with Gasteiger partial charge in [-0.05, 0) is 37.3 Å². The molecule has 1 unspecified atom stereocenters. The molecule has 0 amide bonds. The van der Waals surface area contributed by atoms with E-state index < -0.39 is 15.1 Å². The van der Waals surface area contributed by atoms with E-state index >= 15 is 0 Å². The maximum absolute atomic E-state index is 12.8. The molecule has 2 aromatic heterocycles. The summed E-state index contributed by atoms with van der Waals surface area (Å²) in [5.41, 5.74) is 2.34. The van der Waals surface area contributed by atoms with E-state index in [4.69, 9.17) is 16.0 Å². The van der Waals surface area contributed by atoms with Gasteiger partial charge in [0, 0.05) is 23.9 Å². The standard InChI is InChI=1S/C20H24ClN3O3S/c1-13(28(25,26)15-8-6-14(21)7-9-15)10-19-22-16(12-27-19)17-11-18(20(2,3)4)23-24(17)5/h6-9,11-13H,10H2,1-5H3. The van der Waals surface area contributed by atoms with Gasteiger partial charge in [0.25, 0.3) is 0 Å². The van der Waals surface area contributed by atoms with Gasteiger partial charge >= 0.3 is 0 Å². The van der Waals surface area contributed by atoms with Crippen LogP contribution in [0.1, 0.15) is 39.3 Å². The van der Waals surface area contributed by atoms with Crippen LogP contribution in [0.4, 0.5) is 0 Å². The summed E-state index contributed by atoms with van der Waals surface area (Å²) in [5.74, 6) is 0.374. The van der Waals surface area contributed by atoms with Crippen molar-refractivity contribution in [3.63, 3.8) is 0 Å². The zero-order chi connectivity index (χ0) is 20.7. The van der Waals surface area contributed by atoms with Crippen LogP contribution >= 0.6 is 11.6 Å². The largest absolute Gasteiger partial charge is 0.448 e. The van der Waals surface area contributed by atoms with Gasteiger partial charge in [-0.2, -0.15) is 5.10 Å². The summed E-state index contributed by atoms with van der Waals surface area (Å²) >= 11 is 5.85. The maximum atomic E-state index is 12.8. The van der Waals surface area contributed by atoms with Crippen LogP contribution in [-0.4, -0.2) is 28.4 Å². The highest BCUT2D eigenvalue weighted by molar-refractivity contribution is 7.92. The highest BCUT2D eigenvalue weighted by Crippen LogP contribution is 2.27. The summed E-state index contributed by atoms with van der Waals surface area (Å²) in [4.78, 5) is 4.72. The Balaban J connectivity index is 1.81. The highest BCUT2D eigenvalue weighted by Gasteiger charge is 2.26. The van der Waals surface area contributed by atoms with Gasteiger partial charge in [0.05, 0.1) is 21.5 Å². The first-order valence-electron chi connectivity index (χ1n) is 8.97. The zero-order valence-electron chi connectivity index (χ0n) is 16.6. The molecule has 0 aliphatic carbocycles. The predicted molar refractivity (Wildman–Crippen MR) is 109 cm³/mol. The number of hydrogen-bond acceptors (Lipinski definition) is 5. The fourth-order valence-electron chi connectivity index (χ4n) is 2.81. The average molecular weight is 422 g/mol. The summed E-state index contributed by atoms with van der Waals surface area (Å²) in [6.45, 7) is 7.93. The molecule has 150 valence electrons. The van der Waals surface area contributed by atoms with E-state index in [2.05, 4.69) is 30.9 Å². The van der Waals surface area contributed by atoms with E-state index in [-0.39, 0.29) is 16.7 Å². The number of benzene rings is 1. The molecule has 3 aromatic rings. The second-order valence-corrected chi connectivity index (χ2v) is 10.7. The summed E-state index contributed by atoms with van der Waals surface area (Å²) in [6, 6.07) is 8.15. The fraction of sp³-hybridized carbons (Fsp3) is 0.400. The molecule has 0 saturated carbocycles. The lowest BCUT2D eigenvalue weighted by Gasteiger charge is -2.13. The van der Waals surface area contributed by atoms with Gasteiger partial charge in [-0.15, -0.1) is 0 Å². The van der Waals surface area contributed by atoms with Crippen LogP contribution in [0.2, 0.25) is 5.02 Å². The number of halogens is 1. The van der Waals surface area contributed by atoms with E-state index in [1.807, 2.05) is 13.1 Å². The fourth-order valence-corrected chi connectivity index (χ4v) is 4.28. The lowest BCUT2D eigenvalue weighted by molar-refractivity contribution is 0.487. The monoisotopic (exact) mass is 421 g/mol. The molecule has 0 saturated heterocycles. The lowest BCUT2D eigenvalue weighted by atomic mass is 9.92. The number of oxazole rings is 1. The van der Waals surface area contributed by atoms with Gasteiger partial charge in [-0.25, -0.2) is 13.4 Å². The third-order valence-electron chi connectivity index (χ3n) is 4.60. The third-order valence-corrected chi connectivity index (χ3v) is 7.00. The topological polar surface area (TPSA) is 78.0 Å². The SMILES string of the molecule is CC(Cc1nc(-c2cc(C(C)(C)C)nn2C)co1)S(=O)(=O)c1ccc(Cl)cc1.